The third-order valence-electron chi connectivity index (χ3n) is 5.06. The van der Waals surface area contributed by atoms with Crippen LogP contribution < -0.4 is 5.32 Å². The molecule has 27 heavy (non-hydrogen) atoms. The van der Waals surface area contributed by atoms with Crippen molar-refractivity contribution in [2.45, 2.75) is 33.2 Å². The van der Waals surface area contributed by atoms with Gasteiger partial charge in [0, 0.05) is 42.6 Å². The predicted molar refractivity (Wildman–Crippen MR) is 104 cm³/mol. The maximum Gasteiger partial charge on any atom is 0.321 e. The number of rotatable bonds is 3. The molecular formula is C20H24N6O. The predicted octanol–water partition coefficient (Wildman–Crippen LogP) is 3.47. The minimum atomic E-state index is -0.0643. The number of hydrogen-bond acceptors (Lipinski definition) is 3. The Bertz CT molecular complexity index is 955. The van der Waals surface area contributed by atoms with Crippen LogP contribution in [0.1, 0.15) is 29.7 Å². The van der Waals surface area contributed by atoms with Crippen molar-refractivity contribution in [1.29, 1.82) is 0 Å². The molecule has 1 aliphatic heterocycles. The van der Waals surface area contributed by atoms with Gasteiger partial charge in [0.1, 0.15) is 5.82 Å². The average Bonchev–Trinajstić information content (AvgIpc) is 3.36. The highest BCUT2D eigenvalue weighted by Crippen LogP contribution is 2.24. The van der Waals surface area contributed by atoms with Crippen molar-refractivity contribution in [2.75, 3.05) is 18.4 Å². The Morgan fingerprint density at radius 2 is 1.96 bits per heavy atom. The van der Waals surface area contributed by atoms with Crippen molar-refractivity contribution in [3.05, 3.63) is 59.9 Å². The molecule has 4 rings (SSSR count). The number of nitrogens with zero attached hydrogens (tertiary/aromatic N) is 5. The molecule has 0 bridgehead atoms. The number of urea groups is 1. The Labute approximate surface area is 158 Å². The summed E-state index contributed by atoms with van der Waals surface area (Å²) in [6.45, 7) is 7.44. The first-order valence-corrected chi connectivity index (χ1v) is 9.20. The summed E-state index contributed by atoms with van der Waals surface area (Å²) in [5, 5.41) is 7.56. The molecule has 1 saturated heterocycles. The molecule has 1 aliphatic rings. The summed E-state index contributed by atoms with van der Waals surface area (Å²) in [5.74, 6) is 0.930. The lowest BCUT2D eigenvalue weighted by Gasteiger charge is -2.18. The van der Waals surface area contributed by atoms with Crippen molar-refractivity contribution in [2.24, 2.45) is 0 Å². The molecule has 0 spiro atoms. The van der Waals surface area contributed by atoms with E-state index in [0.29, 0.717) is 6.54 Å². The molecular weight excluding hydrogens is 340 g/mol. The second-order valence-electron chi connectivity index (χ2n) is 7.08. The molecule has 3 aromatic rings. The number of amides is 2. The van der Waals surface area contributed by atoms with Gasteiger partial charge in [-0.25, -0.2) is 9.78 Å². The summed E-state index contributed by atoms with van der Waals surface area (Å²) < 4.78 is 4.05. The highest BCUT2D eigenvalue weighted by Gasteiger charge is 2.28. The average molecular weight is 364 g/mol. The molecule has 2 amide bonds. The zero-order valence-corrected chi connectivity index (χ0v) is 15.9. The van der Waals surface area contributed by atoms with Gasteiger partial charge in [-0.3, -0.25) is 4.68 Å². The Balaban J connectivity index is 1.39. The number of imidazole rings is 1. The van der Waals surface area contributed by atoms with Crippen LogP contribution in [0.3, 0.4) is 0 Å². The lowest BCUT2D eigenvalue weighted by Crippen LogP contribution is -2.33. The lowest BCUT2D eigenvalue weighted by atomic mass is 10.2. The molecule has 3 heterocycles. The van der Waals surface area contributed by atoms with Crippen molar-refractivity contribution in [3.8, 4) is 5.69 Å². The second kappa shape index (κ2) is 6.90. The first-order chi connectivity index (χ1) is 13.0. The number of aryl methyl sites for hydroxylation is 3. The molecule has 1 fully saturated rings. The van der Waals surface area contributed by atoms with E-state index in [2.05, 4.69) is 28.4 Å². The number of carbonyl (C=O) groups is 1. The SMILES string of the molecule is Cc1cc(C)n([C@H]2CCN(C(=O)Nc3ccc(-n4ccnc4C)cc3)C2)n1. The summed E-state index contributed by atoms with van der Waals surface area (Å²) in [7, 11) is 0. The fourth-order valence-electron chi connectivity index (χ4n) is 3.70. The van der Waals surface area contributed by atoms with E-state index in [0.717, 1.165) is 41.6 Å². The molecule has 1 aromatic carbocycles. The summed E-state index contributed by atoms with van der Waals surface area (Å²) in [6.07, 6.45) is 4.62. The van der Waals surface area contributed by atoms with Crippen molar-refractivity contribution >= 4 is 11.7 Å². The maximum atomic E-state index is 12.6. The monoisotopic (exact) mass is 364 g/mol. The van der Waals surface area contributed by atoms with E-state index in [1.54, 1.807) is 6.20 Å². The molecule has 1 atom stereocenters. The van der Waals surface area contributed by atoms with E-state index in [-0.39, 0.29) is 12.1 Å². The van der Waals surface area contributed by atoms with E-state index < -0.39 is 0 Å². The van der Waals surface area contributed by atoms with Crippen LogP contribution in [0, 0.1) is 20.8 Å². The van der Waals surface area contributed by atoms with Crippen LogP contribution in [0.15, 0.2) is 42.7 Å². The minimum absolute atomic E-state index is 0.0643. The standard InChI is InChI=1S/C20H24N6O/c1-14-12-15(2)26(23-14)19-8-10-24(13-19)20(27)22-17-4-6-18(7-5-17)25-11-9-21-16(25)3/h4-7,9,11-12,19H,8,10,13H2,1-3H3,(H,22,27)/t19-/m0/s1. The van der Waals surface area contributed by atoms with Gasteiger partial charge in [0.15, 0.2) is 0 Å². The normalized spacial score (nSPS) is 16.7. The van der Waals surface area contributed by atoms with E-state index in [1.165, 1.54) is 0 Å². The van der Waals surface area contributed by atoms with E-state index in [9.17, 15) is 4.79 Å². The Morgan fingerprint density at radius 1 is 1.19 bits per heavy atom. The molecule has 2 aromatic heterocycles. The summed E-state index contributed by atoms with van der Waals surface area (Å²) in [5.41, 5.74) is 3.97. The summed E-state index contributed by atoms with van der Waals surface area (Å²) in [6, 6.07) is 10.1. The van der Waals surface area contributed by atoms with Crippen LogP contribution in [-0.4, -0.2) is 43.4 Å². The number of anilines is 1. The molecule has 7 heteroatoms. The van der Waals surface area contributed by atoms with Gasteiger partial charge < -0.3 is 14.8 Å². The number of benzene rings is 1. The number of carbonyl (C=O) groups excluding carboxylic acids is 1. The lowest BCUT2D eigenvalue weighted by molar-refractivity contribution is 0.220. The molecule has 0 saturated carbocycles. The van der Waals surface area contributed by atoms with Crippen LogP contribution in [0.4, 0.5) is 10.5 Å². The third-order valence-corrected chi connectivity index (χ3v) is 5.06. The van der Waals surface area contributed by atoms with Crippen LogP contribution in [0.25, 0.3) is 5.69 Å². The van der Waals surface area contributed by atoms with Gasteiger partial charge in [0.2, 0.25) is 0 Å². The van der Waals surface area contributed by atoms with Gasteiger partial charge in [0.05, 0.1) is 11.7 Å². The van der Waals surface area contributed by atoms with E-state index in [1.807, 2.05) is 58.5 Å². The van der Waals surface area contributed by atoms with E-state index >= 15 is 0 Å². The Hall–Kier alpha value is -3.09. The van der Waals surface area contributed by atoms with Gasteiger partial charge in [-0.2, -0.15) is 5.10 Å². The Morgan fingerprint density at radius 3 is 2.59 bits per heavy atom. The van der Waals surface area contributed by atoms with Crippen molar-refractivity contribution in [1.82, 2.24) is 24.2 Å². The Kier molecular flexibility index (Phi) is 4.43. The number of aromatic nitrogens is 4. The van der Waals surface area contributed by atoms with Crippen molar-refractivity contribution < 1.29 is 4.79 Å². The maximum absolute atomic E-state index is 12.6. The molecule has 7 nitrogen and oxygen atoms in total. The summed E-state index contributed by atoms with van der Waals surface area (Å²) in [4.78, 5) is 18.7. The van der Waals surface area contributed by atoms with Crippen LogP contribution in [0.5, 0.6) is 0 Å². The van der Waals surface area contributed by atoms with Gasteiger partial charge >= 0.3 is 6.03 Å². The summed E-state index contributed by atoms with van der Waals surface area (Å²) >= 11 is 0. The van der Waals surface area contributed by atoms with Gasteiger partial charge in [-0.1, -0.05) is 0 Å². The topological polar surface area (TPSA) is 68.0 Å². The zero-order chi connectivity index (χ0) is 19.0. The quantitative estimate of drug-likeness (QED) is 0.774. The highest BCUT2D eigenvalue weighted by molar-refractivity contribution is 5.89. The van der Waals surface area contributed by atoms with Crippen LogP contribution in [-0.2, 0) is 0 Å². The number of likely N-dealkylation sites (tertiary alicyclic amines) is 1. The van der Waals surface area contributed by atoms with Crippen LogP contribution in [0.2, 0.25) is 0 Å². The molecule has 1 N–H and O–H groups in total. The smallest absolute Gasteiger partial charge is 0.321 e. The van der Waals surface area contributed by atoms with Crippen LogP contribution >= 0.6 is 0 Å². The second-order valence-corrected chi connectivity index (χ2v) is 7.08. The number of nitrogens with one attached hydrogen (secondary N) is 1. The fraction of sp³-hybridized carbons (Fsp3) is 0.350. The van der Waals surface area contributed by atoms with Gasteiger partial charge in [0.25, 0.3) is 0 Å². The molecule has 0 aliphatic carbocycles. The zero-order valence-electron chi connectivity index (χ0n) is 15.9. The third kappa shape index (κ3) is 3.45. The molecule has 0 unspecified atom stereocenters. The number of hydrogen-bond donors (Lipinski definition) is 1. The minimum Gasteiger partial charge on any atom is -0.322 e. The molecule has 0 radical (unpaired) electrons. The fourth-order valence-corrected chi connectivity index (χ4v) is 3.70. The molecule has 140 valence electrons. The van der Waals surface area contributed by atoms with Gasteiger partial charge in [-0.05, 0) is 57.5 Å². The van der Waals surface area contributed by atoms with Crippen molar-refractivity contribution in [3.63, 3.8) is 0 Å². The largest absolute Gasteiger partial charge is 0.322 e. The first-order valence-electron chi connectivity index (χ1n) is 9.20. The van der Waals surface area contributed by atoms with E-state index in [4.69, 9.17) is 0 Å². The van der Waals surface area contributed by atoms with Gasteiger partial charge in [-0.15, -0.1) is 0 Å². The highest BCUT2D eigenvalue weighted by atomic mass is 16.2. The first kappa shape index (κ1) is 17.3.